The summed E-state index contributed by atoms with van der Waals surface area (Å²) in [5.74, 6) is -0.0447. The maximum atomic E-state index is 12.4. The van der Waals surface area contributed by atoms with Gasteiger partial charge >= 0.3 is 5.97 Å². The Labute approximate surface area is 185 Å². The molecule has 9 nitrogen and oxygen atoms in total. The second kappa shape index (κ2) is 10.2. The zero-order valence-electron chi connectivity index (χ0n) is 16.9. The molecular formula is C20H20N4O5S2. The van der Waals surface area contributed by atoms with E-state index in [4.69, 9.17) is 9.26 Å². The number of benzene rings is 1. The second-order valence-corrected chi connectivity index (χ2v) is 8.32. The van der Waals surface area contributed by atoms with Crippen LogP contribution in [-0.4, -0.2) is 46.1 Å². The molecule has 3 rings (SSSR count). The number of esters is 1. The summed E-state index contributed by atoms with van der Waals surface area (Å²) in [4.78, 5) is 40.7. The molecule has 2 amide bonds. The van der Waals surface area contributed by atoms with E-state index in [1.165, 1.54) is 18.4 Å². The van der Waals surface area contributed by atoms with Crippen LogP contribution in [0.1, 0.15) is 16.1 Å². The Morgan fingerprint density at radius 2 is 2.16 bits per heavy atom. The Balaban J connectivity index is 1.70. The first-order valence-electron chi connectivity index (χ1n) is 9.12. The number of nitrogens with one attached hydrogen (secondary N) is 1. The summed E-state index contributed by atoms with van der Waals surface area (Å²) in [6, 6.07) is 6.76. The molecule has 3 aromatic rings. The Kier molecular flexibility index (Phi) is 7.42. The third kappa shape index (κ3) is 5.70. The monoisotopic (exact) mass is 460 g/mol. The van der Waals surface area contributed by atoms with Crippen molar-refractivity contribution >= 4 is 56.9 Å². The van der Waals surface area contributed by atoms with Crippen LogP contribution < -0.4 is 10.1 Å². The molecule has 1 N–H and O–H groups in total. The van der Waals surface area contributed by atoms with E-state index < -0.39 is 5.97 Å². The number of allylic oxidation sites excluding steroid dienone is 1. The molecule has 0 radical (unpaired) electrons. The zero-order valence-corrected chi connectivity index (χ0v) is 18.5. The van der Waals surface area contributed by atoms with E-state index in [-0.39, 0.29) is 23.3 Å². The Hall–Kier alpha value is -3.18. The highest BCUT2D eigenvalue weighted by molar-refractivity contribution is 8.00. The predicted molar refractivity (Wildman–Crippen MR) is 119 cm³/mol. The number of hydrogen-bond donors (Lipinski definition) is 1. The molecule has 2 heterocycles. The number of nitrogens with zero attached hydrogens (tertiary/aromatic N) is 3. The van der Waals surface area contributed by atoms with E-state index >= 15 is 0 Å². The number of hydrogen-bond acceptors (Lipinski definition) is 8. The average molecular weight is 461 g/mol. The van der Waals surface area contributed by atoms with E-state index in [1.807, 2.05) is 4.57 Å². The van der Waals surface area contributed by atoms with E-state index in [0.717, 1.165) is 22.0 Å². The molecule has 162 valence electrons. The molecule has 0 spiro atoms. The van der Waals surface area contributed by atoms with Crippen LogP contribution in [0.5, 0.6) is 0 Å². The van der Waals surface area contributed by atoms with Crippen LogP contribution >= 0.6 is 23.1 Å². The number of thiazole rings is 1. The highest BCUT2D eigenvalue weighted by atomic mass is 32.2. The number of carbonyl (C=O) groups excluding carboxylic acids is 3. The fraction of sp³-hybridized carbons (Fsp3) is 0.250. The van der Waals surface area contributed by atoms with Crippen LogP contribution in [0, 0.1) is 6.92 Å². The van der Waals surface area contributed by atoms with Gasteiger partial charge in [-0.15, -0.1) is 18.3 Å². The standard InChI is InChI=1S/C20H20N4O5S2/c1-4-7-24-14-6-5-13(19(27)28-3)9-15(14)31-20(24)22-18(26)11-30-10-17(25)21-16-8-12(2)29-23-16/h4-6,8-9H,1,7,10-11H2,2-3H3,(H,21,23,25). The van der Waals surface area contributed by atoms with Crippen molar-refractivity contribution in [2.75, 3.05) is 23.9 Å². The lowest BCUT2D eigenvalue weighted by molar-refractivity contribution is -0.115. The van der Waals surface area contributed by atoms with Crippen LogP contribution in [0.15, 0.2) is 46.4 Å². The number of aromatic nitrogens is 2. The molecular weight excluding hydrogens is 440 g/mol. The Morgan fingerprint density at radius 3 is 2.84 bits per heavy atom. The summed E-state index contributed by atoms with van der Waals surface area (Å²) in [5, 5.41) is 6.28. The molecule has 11 heteroatoms. The summed E-state index contributed by atoms with van der Waals surface area (Å²) in [6.45, 7) is 5.93. The summed E-state index contributed by atoms with van der Waals surface area (Å²) in [6.07, 6.45) is 1.70. The molecule has 0 aliphatic rings. The van der Waals surface area contributed by atoms with Crippen LogP contribution in [0.2, 0.25) is 0 Å². The smallest absolute Gasteiger partial charge is 0.337 e. The predicted octanol–water partition coefficient (Wildman–Crippen LogP) is 2.77. The van der Waals surface area contributed by atoms with Gasteiger partial charge in [-0.2, -0.15) is 4.99 Å². The van der Waals surface area contributed by atoms with Gasteiger partial charge in [0.05, 0.1) is 34.4 Å². The SMILES string of the molecule is C=CCn1c(=NC(=O)CSCC(=O)Nc2cc(C)on2)sc2cc(C(=O)OC)ccc21. The molecule has 0 bridgehead atoms. The van der Waals surface area contributed by atoms with Gasteiger partial charge in [-0.1, -0.05) is 22.6 Å². The lowest BCUT2D eigenvalue weighted by Crippen LogP contribution is -2.18. The number of amides is 2. The number of carbonyl (C=O) groups is 3. The lowest BCUT2D eigenvalue weighted by Gasteiger charge is -2.02. The number of aryl methyl sites for hydroxylation is 1. The summed E-state index contributed by atoms with van der Waals surface area (Å²) >= 11 is 2.44. The zero-order chi connectivity index (χ0) is 22.4. The van der Waals surface area contributed by atoms with E-state index in [2.05, 4.69) is 22.0 Å². The quantitative estimate of drug-likeness (QED) is 0.406. The molecule has 0 aliphatic heterocycles. The van der Waals surface area contributed by atoms with Crippen molar-refractivity contribution in [3.05, 3.63) is 53.0 Å². The Morgan fingerprint density at radius 1 is 1.35 bits per heavy atom. The van der Waals surface area contributed by atoms with Crippen molar-refractivity contribution < 1.29 is 23.6 Å². The van der Waals surface area contributed by atoms with Crippen molar-refractivity contribution in [3.8, 4) is 0 Å². The van der Waals surface area contributed by atoms with Crippen LogP contribution in [0.3, 0.4) is 0 Å². The van der Waals surface area contributed by atoms with Gasteiger partial charge in [-0.25, -0.2) is 4.79 Å². The summed E-state index contributed by atoms with van der Waals surface area (Å²) in [5.41, 5.74) is 1.25. The largest absolute Gasteiger partial charge is 0.465 e. The topological polar surface area (TPSA) is 116 Å². The molecule has 0 aliphatic carbocycles. The van der Waals surface area contributed by atoms with Crippen molar-refractivity contribution in [2.24, 2.45) is 4.99 Å². The third-order valence-electron chi connectivity index (χ3n) is 3.99. The number of anilines is 1. The van der Waals surface area contributed by atoms with Gasteiger partial charge in [0.1, 0.15) is 5.76 Å². The third-order valence-corrected chi connectivity index (χ3v) is 5.95. The first-order valence-corrected chi connectivity index (χ1v) is 11.1. The summed E-state index contributed by atoms with van der Waals surface area (Å²) in [7, 11) is 1.32. The number of rotatable bonds is 8. The highest BCUT2D eigenvalue weighted by Gasteiger charge is 2.12. The van der Waals surface area contributed by atoms with Crippen molar-refractivity contribution in [1.29, 1.82) is 0 Å². The maximum absolute atomic E-state index is 12.4. The van der Waals surface area contributed by atoms with Gasteiger partial charge in [0.25, 0.3) is 5.91 Å². The minimum absolute atomic E-state index is 0.0427. The van der Waals surface area contributed by atoms with Gasteiger partial charge < -0.3 is 19.1 Å². The summed E-state index contributed by atoms with van der Waals surface area (Å²) < 4.78 is 12.3. The molecule has 2 aromatic heterocycles. The number of fused-ring (bicyclic) bond motifs is 1. The molecule has 0 saturated carbocycles. The highest BCUT2D eigenvalue weighted by Crippen LogP contribution is 2.20. The molecule has 1 aromatic carbocycles. The van der Waals surface area contributed by atoms with Gasteiger partial charge in [0, 0.05) is 12.6 Å². The van der Waals surface area contributed by atoms with E-state index in [1.54, 1.807) is 37.3 Å². The Bertz CT molecular complexity index is 1210. The lowest BCUT2D eigenvalue weighted by atomic mass is 10.2. The fourth-order valence-corrected chi connectivity index (χ4v) is 4.38. The fourth-order valence-electron chi connectivity index (χ4n) is 2.68. The first kappa shape index (κ1) is 22.5. The van der Waals surface area contributed by atoms with Crippen LogP contribution in [0.4, 0.5) is 5.82 Å². The van der Waals surface area contributed by atoms with Crippen LogP contribution in [0.25, 0.3) is 10.2 Å². The minimum Gasteiger partial charge on any atom is -0.465 e. The van der Waals surface area contributed by atoms with Crippen molar-refractivity contribution in [1.82, 2.24) is 9.72 Å². The van der Waals surface area contributed by atoms with Crippen molar-refractivity contribution in [2.45, 2.75) is 13.5 Å². The van der Waals surface area contributed by atoms with E-state index in [0.29, 0.717) is 28.5 Å². The van der Waals surface area contributed by atoms with Gasteiger partial charge in [-0.05, 0) is 25.1 Å². The van der Waals surface area contributed by atoms with Crippen LogP contribution in [-0.2, 0) is 20.9 Å². The van der Waals surface area contributed by atoms with Gasteiger partial charge in [-0.3, -0.25) is 9.59 Å². The van der Waals surface area contributed by atoms with Crippen molar-refractivity contribution in [3.63, 3.8) is 0 Å². The van der Waals surface area contributed by atoms with E-state index in [9.17, 15) is 14.4 Å². The first-order chi connectivity index (χ1) is 14.9. The molecule has 0 atom stereocenters. The molecule has 0 unspecified atom stereocenters. The van der Waals surface area contributed by atoms with Gasteiger partial charge in [0.2, 0.25) is 5.91 Å². The second-order valence-electron chi connectivity index (χ2n) is 6.33. The number of methoxy groups -OCH3 is 1. The minimum atomic E-state index is -0.435. The number of ether oxygens (including phenoxy) is 1. The van der Waals surface area contributed by atoms with Gasteiger partial charge in [0.15, 0.2) is 10.6 Å². The normalized spacial score (nSPS) is 11.5. The number of thioether (sulfide) groups is 1. The molecule has 31 heavy (non-hydrogen) atoms. The maximum Gasteiger partial charge on any atom is 0.337 e. The average Bonchev–Trinajstić information content (AvgIpc) is 3.30. The molecule has 0 saturated heterocycles. The molecule has 0 fully saturated rings.